The van der Waals surface area contributed by atoms with Gasteiger partial charge >= 0.3 is 0 Å². The SMILES string of the molecule is CC1=C[C@]2(C(=O)N[C@@H](C)C(C)C)[C@H](C1=O)C2(C)C. The van der Waals surface area contributed by atoms with E-state index in [0.29, 0.717) is 5.92 Å². The highest BCUT2D eigenvalue weighted by atomic mass is 16.2. The summed E-state index contributed by atoms with van der Waals surface area (Å²) >= 11 is 0. The summed E-state index contributed by atoms with van der Waals surface area (Å²) in [6.07, 6.45) is 1.89. The minimum atomic E-state index is -0.586. The van der Waals surface area contributed by atoms with E-state index in [2.05, 4.69) is 19.2 Å². The molecule has 3 heteroatoms. The van der Waals surface area contributed by atoms with Crippen LogP contribution in [-0.4, -0.2) is 17.7 Å². The first-order valence-corrected chi connectivity index (χ1v) is 6.71. The first-order chi connectivity index (χ1) is 8.16. The number of amides is 1. The highest BCUT2D eigenvalue weighted by Crippen LogP contribution is 2.73. The number of nitrogens with one attached hydrogen (secondary N) is 1. The lowest BCUT2D eigenvalue weighted by Crippen LogP contribution is -2.41. The van der Waals surface area contributed by atoms with Crippen molar-refractivity contribution in [3.8, 4) is 0 Å². The second-order valence-electron chi connectivity index (χ2n) is 6.72. The maximum atomic E-state index is 12.5. The van der Waals surface area contributed by atoms with Gasteiger partial charge in [0.1, 0.15) is 0 Å². The molecule has 100 valence electrons. The third-order valence-electron chi connectivity index (χ3n) is 4.99. The topological polar surface area (TPSA) is 46.2 Å². The van der Waals surface area contributed by atoms with Crippen LogP contribution in [-0.2, 0) is 9.59 Å². The van der Waals surface area contributed by atoms with E-state index in [1.807, 2.05) is 33.8 Å². The predicted octanol–water partition coefficient (Wildman–Crippen LogP) is 2.32. The predicted molar refractivity (Wildman–Crippen MR) is 70.9 cm³/mol. The van der Waals surface area contributed by atoms with Gasteiger partial charge in [0.15, 0.2) is 5.78 Å². The third-order valence-corrected chi connectivity index (χ3v) is 4.99. The van der Waals surface area contributed by atoms with Gasteiger partial charge in [0, 0.05) is 12.0 Å². The number of carbonyl (C=O) groups excluding carboxylic acids is 2. The van der Waals surface area contributed by atoms with Crippen LogP contribution in [0.1, 0.15) is 41.5 Å². The molecule has 3 atom stereocenters. The normalized spacial score (nSPS) is 34.1. The summed E-state index contributed by atoms with van der Waals surface area (Å²) < 4.78 is 0. The van der Waals surface area contributed by atoms with Crippen molar-refractivity contribution in [1.82, 2.24) is 5.32 Å². The zero-order valence-corrected chi connectivity index (χ0v) is 12.1. The minimum absolute atomic E-state index is 0.0175. The van der Waals surface area contributed by atoms with Crippen LogP contribution < -0.4 is 5.32 Å². The van der Waals surface area contributed by atoms with Crippen molar-refractivity contribution in [1.29, 1.82) is 0 Å². The van der Waals surface area contributed by atoms with Gasteiger partial charge in [-0.25, -0.2) is 0 Å². The molecule has 18 heavy (non-hydrogen) atoms. The fraction of sp³-hybridized carbons (Fsp3) is 0.733. The molecule has 0 radical (unpaired) electrons. The Morgan fingerprint density at radius 3 is 2.33 bits per heavy atom. The highest BCUT2D eigenvalue weighted by molar-refractivity contribution is 6.12. The maximum absolute atomic E-state index is 12.5. The Bertz CT molecular complexity index is 447. The van der Waals surface area contributed by atoms with Crippen LogP contribution in [0.15, 0.2) is 11.6 Å². The van der Waals surface area contributed by atoms with E-state index in [4.69, 9.17) is 0 Å². The first-order valence-electron chi connectivity index (χ1n) is 6.71. The quantitative estimate of drug-likeness (QED) is 0.834. The molecule has 1 amide bonds. The summed E-state index contributed by atoms with van der Waals surface area (Å²) in [5.74, 6) is 0.411. The Balaban J connectivity index is 2.24. The van der Waals surface area contributed by atoms with E-state index in [-0.39, 0.29) is 29.1 Å². The van der Waals surface area contributed by atoms with Crippen molar-refractivity contribution >= 4 is 11.7 Å². The van der Waals surface area contributed by atoms with Crippen LogP contribution in [0.25, 0.3) is 0 Å². The molecule has 1 fully saturated rings. The lowest BCUT2D eigenvalue weighted by molar-refractivity contribution is -0.127. The van der Waals surface area contributed by atoms with Crippen molar-refractivity contribution in [3.05, 3.63) is 11.6 Å². The number of carbonyl (C=O) groups is 2. The van der Waals surface area contributed by atoms with Crippen molar-refractivity contribution in [3.63, 3.8) is 0 Å². The molecular formula is C15H23NO2. The standard InChI is InChI=1S/C15H23NO2/c1-8(2)10(4)16-13(18)15-7-9(3)11(17)12(15)14(15,5)6/h7-8,10,12H,1-6H3,(H,16,18)/t10-,12+,15+/m0/s1. The second-order valence-corrected chi connectivity index (χ2v) is 6.72. The van der Waals surface area contributed by atoms with Gasteiger partial charge in [0.25, 0.3) is 0 Å². The lowest BCUT2D eigenvalue weighted by Gasteiger charge is -2.22. The summed E-state index contributed by atoms with van der Waals surface area (Å²) in [4.78, 5) is 24.6. The Morgan fingerprint density at radius 2 is 1.89 bits per heavy atom. The van der Waals surface area contributed by atoms with Crippen molar-refractivity contribution in [2.45, 2.75) is 47.6 Å². The highest BCUT2D eigenvalue weighted by Gasteiger charge is 2.79. The lowest BCUT2D eigenvalue weighted by atomic mass is 9.92. The first kappa shape index (κ1) is 13.3. The fourth-order valence-electron chi connectivity index (χ4n) is 3.22. The van der Waals surface area contributed by atoms with Crippen LogP contribution in [0, 0.1) is 22.7 Å². The Kier molecular flexibility index (Phi) is 2.73. The molecule has 0 aromatic heterocycles. The van der Waals surface area contributed by atoms with Gasteiger partial charge in [-0.1, -0.05) is 33.8 Å². The summed E-state index contributed by atoms with van der Waals surface area (Å²) in [5.41, 5.74) is -0.0755. The molecule has 1 N–H and O–H groups in total. The molecule has 0 saturated heterocycles. The third kappa shape index (κ3) is 1.42. The van der Waals surface area contributed by atoms with E-state index in [1.54, 1.807) is 0 Å². The average molecular weight is 249 g/mol. The second kappa shape index (κ2) is 3.69. The Hall–Kier alpha value is -1.12. The molecule has 0 bridgehead atoms. The molecular weight excluding hydrogens is 226 g/mol. The van der Waals surface area contributed by atoms with Crippen LogP contribution in [0.4, 0.5) is 0 Å². The number of Topliss-reactive ketones (excluding diaryl/α,β-unsaturated/α-hetero) is 1. The van der Waals surface area contributed by atoms with Crippen LogP contribution >= 0.6 is 0 Å². The minimum Gasteiger partial charge on any atom is -0.353 e. The van der Waals surface area contributed by atoms with Gasteiger partial charge in [-0.2, -0.15) is 0 Å². The van der Waals surface area contributed by atoms with Crippen molar-refractivity contribution in [2.75, 3.05) is 0 Å². The van der Waals surface area contributed by atoms with E-state index < -0.39 is 5.41 Å². The van der Waals surface area contributed by atoms with E-state index in [0.717, 1.165) is 5.57 Å². The number of allylic oxidation sites excluding steroid dienone is 1. The number of ketones is 1. The molecule has 3 nitrogen and oxygen atoms in total. The van der Waals surface area contributed by atoms with Crippen molar-refractivity contribution in [2.24, 2.45) is 22.7 Å². The van der Waals surface area contributed by atoms with E-state index in [1.165, 1.54) is 0 Å². The van der Waals surface area contributed by atoms with Crippen LogP contribution in [0.5, 0.6) is 0 Å². The molecule has 0 aromatic carbocycles. The molecule has 2 aliphatic rings. The molecule has 2 aliphatic carbocycles. The van der Waals surface area contributed by atoms with Crippen LogP contribution in [0.2, 0.25) is 0 Å². The number of hydrogen-bond acceptors (Lipinski definition) is 2. The average Bonchev–Trinajstić information content (AvgIpc) is 2.56. The monoisotopic (exact) mass is 249 g/mol. The number of hydrogen-bond donors (Lipinski definition) is 1. The number of rotatable bonds is 3. The number of fused-ring (bicyclic) bond motifs is 1. The van der Waals surface area contributed by atoms with Gasteiger partial charge in [0.2, 0.25) is 5.91 Å². The van der Waals surface area contributed by atoms with Gasteiger partial charge in [-0.05, 0) is 30.8 Å². The molecule has 0 spiro atoms. The fourth-order valence-corrected chi connectivity index (χ4v) is 3.22. The smallest absolute Gasteiger partial charge is 0.231 e. The summed E-state index contributed by atoms with van der Waals surface area (Å²) in [5, 5.41) is 3.06. The summed E-state index contributed by atoms with van der Waals surface area (Å²) in [6.45, 7) is 12.0. The Morgan fingerprint density at radius 1 is 1.33 bits per heavy atom. The van der Waals surface area contributed by atoms with Gasteiger partial charge in [-0.15, -0.1) is 0 Å². The maximum Gasteiger partial charge on any atom is 0.231 e. The van der Waals surface area contributed by atoms with Gasteiger partial charge < -0.3 is 5.32 Å². The van der Waals surface area contributed by atoms with E-state index >= 15 is 0 Å². The summed E-state index contributed by atoms with van der Waals surface area (Å²) in [6, 6.07) is 0.133. The molecule has 0 aliphatic heterocycles. The Labute approximate surface area is 109 Å². The van der Waals surface area contributed by atoms with Crippen LogP contribution in [0.3, 0.4) is 0 Å². The van der Waals surface area contributed by atoms with Crippen molar-refractivity contribution < 1.29 is 9.59 Å². The van der Waals surface area contributed by atoms with Gasteiger partial charge in [0.05, 0.1) is 5.41 Å². The summed E-state index contributed by atoms with van der Waals surface area (Å²) in [7, 11) is 0. The molecule has 0 heterocycles. The van der Waals surface area contributed by atoms with E-state index in [9.17, 15) is 9.59 Å². The molecule has 0 unspecified atom stereocenters. The van der Waals surface area contributed by atoms with Gasteiger partial charge in [-0.3, -0.25) is 9.59 Å². The zero-order valence-electron chi connectivity index (χ0n) is 12.1. The zero-order chi connectivity index (χ0) is 13.9. The largest absolute Gasteiger partial charge is 0.353 e. The molecule has 2 rings (SSSR count). The molecule has 1 saturated carbocycles. The molecule has 0 aromatic rings.